The Morgan fingerprint density at radius 2 is 1.44 bits per heavy atom. The second kappa shape index (κ2) is 8.30. The lowest BCUT2D eigenvalue weighted by molar-refractivity contribution is 0.413. The van der Waals surface area contributed by atoms with Gasteiger partial charge in [-0.3, -0.25) is 4.72 Å². The third-order valence-electron chi connectivity index (χ3n) is 3.74. The molecular formula is C21H16BrNO3S. The molecule has 0 amide bonds. The highest BCUT2D eigenvalue weighted by Crippen LogP contribution is 2.25. The fraction of sp³-hybridized carbons (Fsp3) is 0.0476. The number of ether oxygens (including phenoxy) is 1. The van der Waals surface area contributed by atoms with Gasteiger partial charge in [-0.15, -0.1) is 0 Å². The Bertz CT molecular complexity index is 1130. The van der Waals surface area contributed by atoms with Gasteiger partial charge in [0.1, 0.15) is 10.6 Å². The monoisotopic (exact) mass is 441 g/mol. The van der Waals surface area contributed by atoms with Crippen LogP contribution in [0.15, 0.2) is 82.2 Å². The first-order valence-electron chi connectivity index (χ1n) is 8.02. The van der Waals surface area contributed by atoms with Crippen molar-refractivity contribution in [3.8, 4) is 17.6 Å². The Kier molecular flexibility index (Phi) is 5.84. The van der Waals surface area contributed by atoms with E-state index in [0.717, 1.165) is 5.56 Å². The van der Waals surface area contributed by atoms with E-state index in [1.165, 1.54) is 6.07 Å². The number of benzene rings is 3. The third-order valence-corrected chi connectivity index (χ3v) is 6.11. The number of hydrogen-bond acceptors (Lipinski definition) is 3. The summed E-state index contributed by atoms with van der Waals surface area (Å²) < 4.78 is 33.9. The number of halogens is 1. The number of hydrogen-bond donors (Lipinski definition) is 1. The maximum absolute atomic E-state index is 12.7. The normalized spacial score (nSPS) is 10.6. The molecule has 0 saturated carbocycles. The zero-order valence-corrected chi connectivity index (χ0v) is 16.8. The smallest absolute Gasteiger partial charge is 0.263 e. The Hall–Kier alpha value is -2.75. The summed E-state index contributed by atoms with van der Waals surface area (Å²) in [5.41, 5.74) is 1.71. The van der Waals surface area contributed by atoms with Crippen LogP contribution in [0.25, 0.3) is 0 Å². The minimum Gasteiger partial charge on any atom is -0.495 e. The maximum Gasteiger partial charge on any atom is 0.263 e. The largest absolute Gasteiger partial charge is 0.495 e. The Morgan fingerprint density at radius 3 is 2.19 bits per heavy atom. The molecule has 6 heteroatoms. The highest BCUT2D eigenvalue weighted by molar-refractivity contribution is 9.10. The quantitative estimate of drug-likeness (QED) is 0.599. The van der Waals surface area contributed by atoms with Gasteiger partial charge in [-0.25, -0.2) is 8.42 Å². The van der Waals surface area contributed by atoms with Gasteiger partial charge < -0.3 is 4.74 Å². The molecule has 0 heterocycles. The topological polar surface area (TPSA) is 55.4 Å². The number of anilines is 1. The number of para-hydroxylation sites is 2. The first kappa shape index (κ1) is 19.0. The molecule has 0 aliphatic heterocycles. The highest BCUT2D eigenvalue weighted by Gasteiger charge is 2.18. The highest BCUT2D eigenvalue weighted by atomic mass is 79.9. The van der Waals surface area contributed by atoms with Crippen LogP contribution in [-0.2, 0) is 10.0 Å². The van der Waals surface area contributed by atoms with Crippen molar-refractivity contribution in [2.45, 2.75) is 4.90 Å². The lowest BCUT2D eigenvalue weighted by Crippen LogP contribution is -2.14. The lowest BCUT2D eigenvalue weighted by atomic mass is 10.1. The van der Waals surface area contributed by atoms with E-state index in [2.05, 4.69) is 32.5 Å². The van der Waals surface area contributed by atoms with Gasteiger partial charge in [0.2, 0.25) is 0 Å². The first-order valence-corrected chi connectivity index (χ1v) is 10.3. The standard InChI is InChI=1S/C21H16BrNO3S/c1-26-20-12-6-3-9-17(20)15-14-16-8-2-5-11-19(16)23-27(24,25)21-13-7-4-10-18(21)22/h2-13,23H,1H3. The van der Waals surface area contributed by atoms with Gasteiger partial charge in [-0.05, 0) is 52.3 Å². The van der Waals surface area contributed by atoms with E-state index < -0.39 is 10.0 Å². The van der Waals surface area contributed by atoms with Crippen molar-refractivity contribution in [2.24, 2.45) is 0 Å². The number of sulfonamides is 1. The predicted molar refractivity (Wildman–Crippen MR) is 110 cm³/mol. The molecule has 0 aliphatic rings. The van der Waals surface area contributed by atoms with Gasteiger partial charge >= 0.3 is 0 Å². The Morgan fingerprint density at radius 1 is 0.852 bits per heavy atom. The summed E-state index contributed by atoms with van der Waals surface area (Å²) >= 11 is 3.28. The van der Waals surface area contributed by atoms with Crippen LogP contribution in [0.2, 0.25) is 0 Å². The Labute approximate surface area is 167 Å². The van der Waals surface area contributed by atoms with Crippen molar-refractivity contribution < 1.29 is 13.2 Å². The molecule has 0 unspecified atom stereocenters. The van der Waals surface area contributed by atoms with Gasteiger partial charge in [0, 0.05) is 10.0 Å². The molecule has 0 atom stereocenters. The lowest BCUT2D eigenvalue weighted by Gasteiger charge is -2.11. The van der Waals surface area contributed by atoms with Crippen LogP contribution in [0.4, 0.5) is 5.69 Å². The van der Waals surface area contributed by atoms with E-state index in [-0.39, 0.29) is 4.90 Å². The van der Waals surface area contributed by atoms with E-state index in [4.69, 9.17) is 4.74 Å². The molecule has 0 spiro atoms. The Balaban J connectivity index is 1.96. The minimum atomic E-state index is -3.75. The van der Waals surface area contributed by atoms with Crippen LogP contribution in [0.5, 0.6) is 5.75 Å². The van der Waals surface area contributed by atoms with Crippen LogP contribution in [0.1, 0.15) is 11.1 Å². The number of methoxy groups -OCH3 is 1. The van der Waals surface area contributed by atoms with Gasteiger partial charge in [0.25, 0.3) is 10.0 Å². The molecular weight excluding hydrogens is 426 g/mol. The van der Waals surface area contributed by atoms with Crippen molar-refractivity contribution in [1.82, 2.24) is 0 Å². The summed E-state index contributed by atoms with van der Waals surface area (Å²) in [5, 5.41) is 0. The van der Waals surface area contributed by atoms with E-state index in [0.29, 0.717) is 21.5 Å². The summed E-state index contributed by atoms with van der Waals surface area (Å²) in [7, 11) is -2.17. The van der Waals surface area contributed by atoms with E-state index >= 15 is 0 Å². The van der Waals surface area contributed by atoms with Crippen LogP contribution in [0, 0.1) is 11.8 Å². The number of nitrogens with one attached hydrogen (secondary N) is 1. The average Bonchev–Trinajstić information content (AvgIpc) is 2.67. The van der Waals surface area contributed by atoms with Crippen LogP contribution < -0.4 is 9.46 Å². The molecule has 4 nitrogen and oxygen atoms in total. The molecule has 136 valence electrons. The van der Waals surface area contributed by atoms with E-state index in [1.807, 2.05) is 30.3 Å². The molecule has 1 N–H and O–H groups in total. The summed E-state index contributed by atoms with van der Waals surface area (Å²) in [6, 6.07) is 21.1. The van der Waals surface area contributed by atoms with Crippen LogP contribution in [0.3, 0.4) is 0 Å². The molecule has 27 heavy (non-hydrogen) atoms. The minimum absolute atomic E-state index is 0.164. The number of rotatable bonds is 4. The molecule has 0 fully saturated rings. The van der Waals surface area contributed by atoms with Gasteiger partial charge in [-0.1, -0.05) is 48.2 Å². The van der Waals surface area contributed by atoms with E-state index in [1.54, 1.807) is 43.5 Å². The average molecular weight is 442 g/mol. The summed E-state index contributed by atoms with van der Waals surface area (Å²) in [4.78, 5) is 0.164. The zero-order valence-electron chi connectivity index (χ0n) is 14.4. The fourth-order valence-corrected chi connectivity index (χ4v) is 4.51. The fourth-order valence-electron chi connectivity index (χ4n) is 2.43. The van der Waals surface area contributed by atoms with Crippen LogP contribution in [-0.4, -0.2) is 15.5 Å². The van der Waals surface area contributed by atoms with Crippen LogP contribution >= 0.6 is 15.9 Å². The third kappa shape index (κ3) is 4.51. The SMILES string of the molecule is COc1ccccc1C#Cc1ccccc1NS(=O)(=O)c1ccccc1Br. The van der Waals surface area contributed by atoms with Crippen molar-refractivity contribution >= 4 is 31.6 Å². The summed E-state index contributed by atoms with van der Waals surface area (Å²) in [6.45, 7) is 0. The molecule has 0 bridgehead atoms. The second-order valence-corrected chi connectivity index (χ2v) is 8.04. The molecule has 0 aromatic heterocycles. The van der Waals surface area contributed by atoms with Crippen molar-refractivity contribution in [1.29, 1.82) is 0 Å². The van der Waals surface area contributed by atoms with Crippen molar-refractivity contribution in [3.05, 3.63) is 88.4 Å². The molecule has 0 saturated heterocycles. The maximum atomic E-state index is 12.7. The van der Waals surface area contributed by atoms with Gasteiger partial charge in [-0.2, -0.15) is 0 Å². The molecule has 3 aromatic rings. The molecule has 3 aromatic carbocycles. The molecule has 0 radical (unpaired) electrons. The summed E-state index contributed by atoms with van der Waals surface area (Å²) in [6.07, 6.45) is 0. The van der Waals surface area contributed by atoms with Crippen molar-refractivity contribution in [2.75, 3.05) is 11.8 Å². The molecule has 3 rings (SSSR count). The van der Waals surface area contributed by atoms with E-state index in [9.17, 15) is 8.42 Å². The van der Waals surface area contributed by atoms with Crippen molar-refractivity contribution in [3.63, 3.8) is 0 Å². The predicted octanol–water partition coefficient (Wildman–Crippen LogP) is 4.66. The zero-order chi connectivity index (χ0) is 19.3. The molecule has 0 aliphatic carbocycles. The summed E-state index contributed by atoms with van der Waals surface area (Å²) in [5.74, 6) is 6.73. The second-order valence-electron chi connectivity index (χ2n) is 5.53. The van der Waals surface area contributed by atoms with Gasteiger partial charge in [0.15, 0.2) is 0 Å². The first-order chi connectivity index (χ1) is 13.0. The van der Waals surface area contributed by atoms with Gasteiger partial charge in [0.05, 0.1) is 18.4 Å².